The number of nitrogens with zero attached hydrogens (tertiary/aromatic N) is 1. The maximum Gasteiger partial charge on any atom is 0.119 e. The van der Waals surface area contributed by atoms with Crippen molar-refractivity contribution in [3.63, 3.8) is 0 Å². The summed E-state index contributed by atoms with van der Waals surface area (Å²) in [5, 5.41) is 14.6. The molecule has 0 aliphatic heterocycles. The van der Waals surface area contributed by atoms with Crippen molar-refractivity contribution in [1.82, 2.24) is 10.3 Å². The number of aromatic nitrogens is 1. The van der Waals surface area contributed by atoms with Gasteiger partial charge in [-0.3, -0.25) is 0 Å². The van der Waals surface area contributed by atoms with Crippen molar-refractivity contribution in [3.8, 4) is 5.75 Å². The molecule has 0 radical (unpaired) electrons. The number of rotatable bonds is 8. The van der Waals surface area contributed by atoms with Crippen LogP contribution in [0.5, 0.6) is 5.75 Å². The second-order valence-corrected chi connectivity index (χ2v) is 7.35. The number of ether oxygens (including phenoxy) is 1. The molecule has 1 saturated carbocycles. The normalized spacial score (nSPS) is 16.1. The molecule has 23 heavy (non-hydrogen) atoms. The average molecular weight is 332 g/mol. The molecule has 124 valence electrons. The smallest absolute Gasteiger partial charge is 0.119 e. The van der Waals surface area contributed by atoms with E-state index in [1.807, 2.05) is 37.4 Å². The van der Waals surface area contributed by atoms with Crippen molar-refractivity contribution >= 4 is 11.3 Å². The van der Waals surface area contributed by atoms with Crippen molar-refractivity contribution in [1.29, 1.82) is 0 Å². The molecule has 1 aliphatic rings. The highest BCUT2D eigenvalue weighted by molar-refractivity contribution is 7.11. The molecule has 1 aliphatic carbocycles. The number of benzene rings is 1. The monoisotopic (exact) mass is 332 g/mol. The molecule has 0 bridgehead atoms. The van der Waals surface area contributed by atoms with E-state index in [0.717, 1.165) is 17.9 Å². The van der Waals surface area contributed by atoms with E-state index in [1.165, 1.54) is 29.1 Å². The summed E-state index contributed by atoms with van der Waals surface area (Å²) in [5.41, 5.74) is 1.16. The molecule has 1 aromatic heterocycles. The van der Waals surface area contributed by atoms with Crippen molar-refractivity contribution in [2.45, 2.75) is 44.8 Å². The van der Waals surface area contributed by atoms with E-state index in [2.05, 4.69) is 10.3 Å². The Hall–Kier alpha value is -1.43. The van der Waals surface area contributed by atoms with E-state index in [4.69, 9.17) is 4.74 Å². The van der Waals surface area contributed by atoms with Gasteiger partial charge in [0.15, 0.2) is 0 Å². The molecule has 5 heteroatoms. The Bertz CT molecular complexity index is 625. The molecular formula is C18H24N2O2S. The highest BCUT2D eigenvalue weighted by Gasteiger charge is 2.22. The Kier molecular flexibility index (Phi) is 5.65. The summed E-state index contributed by atoms with van der Waals surface area (Å²) in [5.74, 6) is 1.50. The van der Waals surface area contributed by atoms with Gasteiger partial charge in [-0.05, 0) is 37.5 Å². The second-order valence-electron chi connectivity index (χ2n) is 6.20. The van der Waals surface area contributed by atoms with Crippen LogP contribution in [0.2, 0.25) is 0 Å². The Labute approximate surface area is 141 Å². The van der Waals surface area contributed by atoms with Gasteiger partial charge in [-0.1, -0.05) is 18.6 Å². The van der Waals surface area contributed by atoms with Crippen molar-refractivity contribution in [2.75, 3.05) is 13.2 Å². The summed E-state index contributed by atoms with van der Waals surface area (Å²) in [6, 6.07) is 7.86. The molecule has 1 heterocycles. The number of aliphatic hydroxyl groups excluding tert-OH is 1. The number of aliphatic hydroxyl groups is 1. The maximum atomic E-state index is 10.00. The predicted molar refractivity (Wildman–Crippen MR) is 93.1 cm³/mol. The molecular weight excluding hydrogens is 308 g/mol. The number of thiazole rings is 1. The van der Waals surface area contributed by atoms with Crippen LogP contribution in [0.25, 0.3) is 0 Å². The first-order valence-electron chi connectivity index (χ1n) is 8.23. The van der Waals surface area contributed by atoms with Gasteiger partial charge in [0.05, 0.1) is 5.01 Å². The fourth-order valence-corrected chi connectivity index (χ4v) is 3.62. The van der Waals surface area contributed by atoms with E-state index < -0.39 is 6.10 Å². The summed E-state index contributed by atoms with van der Waals surface area (Å²) in [7, 11) is 0. The van der Waals surface area contributed by atoms with Crippen LogP contribution in [0.3, 0.4) is 0 Å². The van der Waals surface area contributed by atoms with Gasteiger partial charge >= 0.3 is 0 Å². The minimum atomic E-state index is -0.519. The third-order valence-electron chi connectivity index (χ3n) is 4.14. The first kappa shape index (κ1) is 16.4. The summed E-state index contributed by atoms with van der Waals surface area (Å²) < 4.78 is 5.61. The van der Waals surface area contributed by atoms with Gasteiger partial charge in [-0.2, -0.15) is 0 Å². The summed E-state index contributed by atoms with van der Waals surface area (Å²) in [6.45, 7) is 3.60. The number of hydrogen-bond donors (Lipinski definition) is 2. The summed E-state index contributed by atoms with van der Waals surface area (Å²) >= 11 is 1.79. The fraction of sp³-hybridized carbons (Fsp3) is 0.500. The third-order valence-corrected chi connectivity index (χ3v) is 5.30. The van der Waals surface area contributed by atoms with Crippen LogP contribution in [0.1, 0.15) is 40.6 Å². The first-order valence-corrected chi connectivity index (χ1v) is 9.05. The molecule has 4 nitrogen and oxygen atoms in total. The van der Waals surface area contributed by atoms with Crippen molar-refractivity contribution in [3.05, 3.63) is 45.9 Å². The maximum absolute atomic E-state index is 10.00. The van der Waals surface area contributed by atoms with Crippen LogP contribution in [0.15, 0.2) is 30.5 Å². The quantitative estimate of drug-likeness (QED) is 0.779. The van der Waals surface area contributed by atoms with Crippen molar-refractivity contribution < 1.29 is 9.84 Å². The van der Waals surface area contributed by atoms with E-state index in [1.54, 1.807) is 11.3 Å². The minimum absolute atomic E-state index is 0.298. The standard InChI is InChI=1S/C18H24N2O2S/c1-13-4-2-7-16(8-13)22-12-15(21)9-19-10-17-11-20-18(23-17)14-5-3-6-14/h2,4,7-8,11,14-15,19,21H,3,5-6,9-10,12H2,1H3/t15-/m1/s1. The van der Waals surface area contributed by atoms with Crippen molar-refractivity contribution in [2.24, 2.45) is 0 Å². The molecule has 0 amide bonds. The van der Waals surface area contributed by atoms with Gasteiger partial charge in [0, 0.05) is 30.1 Å². The van der Waals surface area contributed by atoms with Gasteiger partial charge in [-0.15, -0.1) is 11.3 Å². The average Bonchev–Trinajstić information content (AvgIpc) is 2.92. The topological polar surface area (TPSA) is 54.4 Å². The molecule has 1 atom stereocenters. The SMILES string of the molecule is Cc1cccc(OC[C@H](O)CNCc2cnc(C3CCC3)s2)c1. The van der Waals surface area contributed by atoms with Crippen LogP contribution in [0, 0.1) is 6.92 Å². The minimum Gasteiger partial charge on any atom is -0.491 e. The van der Waals surface area contributed by atoms with E-state index in [9.17, 15) is 5.11 Å². The van der Waals surface area contributed by atoms with Crippen LogP contribution in [-0.2, 0) is 6.54 Å². The lowest BCUT2D eigenvalue weighted by Gasteiger charge is -2.22. The van der Waals surface area contributed by atoms with E-state index in [-0.39, 0.29) is 0 Å². The fourth-order valence-electron chi connectivity index (χ4n) is 2.57. The highest BCUT2D eigenvalue weighted by Crippen LogP contribution is 2.38. The van der Waals surface area contributed by atoms with Crippen LogP contribution in [0.4, 0.5) is 0 Å². The van der Waals surface area contributed by atoms with Gasteiger partial charge in [0.1, 0.15) is 18.5 Å². The first-order chi connectivity index (χ1) is 11.2. The van der Waals surface area contributed by atoms with Crippen LogP contribution < -0.4 is 10.1 Å². The third kappa shape index (κ3) is 4.77. The van der Waals surface area contributed by atoms with E-state index in [0.29, 0.717) is 19.1 Å². The molecule has 3 rings (SSSR count). The predicted octanol–water partition coefficient (Wildman–Crippen LogP) is 3.25. The number of nitrogens with one attached hydrogen (secondary N) is 1. The Morgan fingerprint density at radius 1 is 1.43 bits per heavy atom. The highest BCUT2D eigenvalue weighted by atomic mass is 32.1. The second kappa shape index (κ2) is 7.90. The molecule has 0 unspecified atom stereocenters. The molecule has 0 spiro atoms. The molecule has 2 N–H and O–H groups in total. The summed E-state index contributed by atoms with van der Waals surface area (Å²) in [4.78, 5) is 5.75. The zero-order valence-electron chi connectivity index (χ0n) is 13.5. The Morgan fingerprint density at radius 2 is 2.30 bits per heavy atom. The largest absolute Gasteiger partial charge is 0.491 e. The number of hydrogen-bond acceptors (Lipinski definition) is 5. The van der Waals surface area contributed by atoms with Gasteiger partial charge in [0.2, 0.25) is 0 Å². The lowest BCUT2D eigenvalue weighted by Crippen LogP contribution is -2.31. The molecule has 0 saturated heterocycles. The lowest BCUT2D eigenvalue weighted by atomic mass is 9.86. The number of aryl methyl sites for hydroxylation is 1. The summed E-state index contributed by atoms with van der Waals surface area (Å²) in [6.07, 6.45) is 5.35. The Morgan fingerprint density at radius 3 is 3.04 bits per heavy atom. The van der Waals surface area contributed by atoms with Gasteiger partial charge in [-0.25, -0.2) is 4.98 Å². The molecule has 1 aromatic carbocycles. The van der Waals surface area contributed by atoms with Gasteiger partial charge in [0.25, 0.3) is 0 Å². The molecule has 1 fully saturated rings. The lowest BCUT2D eigenvalue weighted by molar-refractivity contribution is 0.106. The zero-order chi connectivity index (χ0) is 16.1. The van der Waals surface area contributed by atoms with E-state index >= 15 is 0 Å². The van der Waals surface area contributed by atoms with Gasteiger partial charge < -0.3 is 15.2 Å². The Balaban J connectivity index is 1.35. The van der Waals surface area contributed by atoms with Crippen LogP contribution in [-0.4, -0.2) is 29.3 Å². The zero-order valence-corrected chi connectivity index (χ0v) is 14.3. The van der Waals surface area contributed by atoms with Crippen LogP contribution >= 0.6 is 11.3 Å². The molecule has 2 aromatic rings.